The molecule has 0 unspecified atom stereocenters. The molecule has 128 valence electrons. The van der Waals surface area contributed by atoms with E-state index in [1.165, 1.54) is 12.8 Å². The Bertz CT molecular complexity index is 544. The second-order valence-electron chi connectivity index (χ2n) is 6.41. The minimum atomic E-state index is 0.275. The standard InChI is InChI=1S/C18H30N4O/c1-5-7-8-9-10-17(23)22-12-11-16-15(13-22)18(21(4)6-2)20-14(3)19-16/h5-13H2,1-4H3. The summed E-state index contributed by atoms with van der Waals surface area (Å²) in [5.74, 6) is 2.08. The Hall–Kier alpha value is -1.65. The van der Waals surface area contributed by atoms with Crippen LogP contribution < -0.4 is 4.90 Å². The van der Waals surface area contributed by atoms with Crippen molar-refractivity contribution in [3.63, 3.8) is 0 Å². The van der Waals surface area contributed by atoms with Gasteiger partial charge in [0.15, 0.2) is 0 Å². The molecule has 0 aliphatic carbocycles. The molecular weight excluding hydrogens is 288 g/mol. The number of carbonyl (C=O) groups excluding carboxylic acids is 1. The molecular formula is C18H30N4O. The lowest BCUT2D eigenvalue weighted by atomic mass is 10.0. The third kappa shape index (κ3) is 4.43. The number of aromatic nitrogens is 2. The number of unbranched alkanes of at least 4 members (excludes halogenated alkanes) is 3. The second kappa shape index (κ2) is 8.27. The molecule has 1 aliphatic heterocycles. The van der Waals surface area contributed by atoms with E-state index in [4.69, 9.17) is 0 Å². The van der Waals surface area contributed by atoms with Gasteiger partial charge in [0.25, 0.3) is 0 Å². The van der Waals surface area contributed by atoms with E-state index in [0.29, 0.717) is 13.0 Å². The molecule has 0 N–H and O–H groups in total. The minimum absolute atomic E-state index is 0.275. The van der Waals surface area contributed by atoms with E-state index < -0.39 is 0 Å². The molecule has 0 aromatic carbocycles. The molecule has 0 fully saturated rings. The maximum absolute atomic E-state index is 12.5. The third-order valence-electron chi connectivity index (χ3n) is 4.58. The van der Waals surface area contributed by atoms with Gasteiger partial charge in [-0.25, -0.2) is 9.97 Å². The second-order valence-corrected chi connectivity index (χ2v) is 6.41. The molecule has 1 amide bonds. The number of nitrogens with zero attached hydrogens (tertiary/aromatic N) is 4. The quantitative estimate of drug-likeness (QED) is 0.725. The van der Waals surface area contributed by atoms with Crippen LogP contribution in [0.25, 0.3) is 0 Å². The maximum atomic E-state index is 12.5. The first-order chi connectivity index (χ1) is 11.1. The highest BCUT2D eigenvalue weighted by Gasteiger charge is 2.25. The maximum Gasteiger partial charge on any atom is 0.222 e. The van der Waals surface area contributed by atoms with Crippen LogP contribution in [0.3, 0.4) is 0 Å². The average Bonchev–Trinajstić information content (AvgIpc) is 2.56. The van der Waals surface area contributed by atoms with Crippen molar-refractivity contribution in [1.29, 1.82) is 0 Å². The first kappa shape index (κ1) is 17.7. The van der Waals surface area contributed by atoms with Crippen LogP contribution in [-0.4, -0.2) is 40.9 Å². The molecule has 1 aromatic heterocycles. The highest BCUT2D eigenvalue weighted by molar-refractivity contribution is 5.76. The van der Waals surface area contributed by atoms with E-state index in [1.54, 1.807) is 0 Å². The molecule has 1 aromatic rings. The smallest absolute Gasteiger partial charge is 0.222 e. The number of amides is 1. The molecule has 0 atom stereocenters. The third-order valence-corrected chi connectivity index (χ3v) is 4.58. The lowest BCUT2D eigenvalue weighted by Gasteiger charge is -2.31. The number of hydrogen-bond donors (Lipinski definition) is 0. The Balaban J connectivity index is 2.08. The highest BCUT2D eigenvalue weighted by atomic mass is 16.2. The van der Waals surface area contributed by atoms with Crippen molar-refractivity contribution in [1.82, 2.24) is 14.9 Å². The zero-order chi connectivity index (χ0) is 16.8. The summed E-state index contributed by atoms with van der Waals surface area (Å²) < 4.78 is 0. The zero-order valence-corrected chi connectivity index (χ0v) is 15.1. The molecule has 2 rings (SSSR count). The van der Waals surface area contributed by atoms with Gasteiger partial charge in [-0.3, -0.25) is 4.79 Å². The van der Waals surface area contributed by atoms with Crippen LogP contribution in [0, 0.1) is 6.92 Å². The highest BCUT2D eigenvalue weighted by Crippen LogP contribution is 2.26. The lowest BCUT2D eigenvalue weighted by Crippen LogP contribution is -2.37. The van der Waals surface area contributed by atoms with Crippen molar-refractivity contribution in [2.75, 3.05) is 25.0 Å². The van der Waals surface area contributed by atoms with Gasteiger partial charge >= 0.3 is 0 Å². The van der Waals surface area contributed by atoms with Crippen molar-refractivity contribution in [2.24, 2.45) is 0 Å². The summed E-state index contributed by atoms with van der Waals surface area (Å²) in [6.45, 7) is 8.58. The molecule has 0 spiro atoms. The van der Waals surface area contributed by atoms with E-state index >= 15 is 0 Å². The fourth-order valence-electron chi connectivity index (χ4n) is 3.06. The van der Waals surface area contributed by atoms with Crippen molar-refractivity contribution in [3.05, 3.63) is 17.1 Å². The lowest BCUT2D eigenvalue weighted by molar-refractivity contribution is -0.132. The van der Waals surface area contributed by atoms with Gasteiger partial charge in [-0.1, -0.05) is 26.2 Å². The number of aryl methyl sites for hydroxylation is 1. The van der Waals surface area contributed by atoms with Gasteiger partial charge in [-0.2, -0.15) is 0 Å². The zero-order valence-electron chi connectivity index (χ0n) is 15.1. The van der Waals surface area contributed by atoms with Crippen molar-refractivity contribution in [2.45, 2.75) is 65.8 Å². The van der Waals surface area contributed by atoms with Gasteiger partial charge in [0.2, 0.25) is 5.91 Å². The molecule has 0 bridgehead atoms. The van der Waals surface area contributed by atoms with E-state index in [9.17, 15) is 4.79 Å². The van der Waals surface area contributed by atoms with Gasteiger partial charge in [-0.15, -0.1) is 0 Å². The Morgan fingerprint density at radius 2 is 2.00 bits per heavy atom. The Kier molecular flexibility index (Phi) is 6.37. The molecule has 0 radical (unpaired) electrons. The average molecular weight is 318 g/mol. The van der Waals surface area contributed by atoms with Crippen LogP contribution in [0.15, 0.2) is 0 Å². The predicted molar refractivity (Wildman–Crippen MR) is 93.6 cm³/mol. The predicted octanol–water partition coefficient (Wildman–Crippen LogP) is 3.10. The number of fused-ring (bicyclic) bond motifs is 1. The first-order valence-corrected chi connectivity index (χ1v) is 8.92. The summed E-state index contributed by atoms with van der Waals surface area (Å²) in [6.07, 6.45) is 6.08. The normalized spacial score (nSPS) is 13.8. The van der Waals surface area contributed by atoms with Crippen LogP contribution in [0.5, 0.6) is 0 Å². The minimum Gasteiger partial charge on any atom is -0.360 e. The number of anilines is 1. The molecule has 5 nitrogen and oxygen atoms in total. The van der Waals surface area contributed by atoms with E-state index in [2.05, 4.69) is 28.7 Å². The Morgan fingerprint density at radius 1 is 1.22 bits per heavy atom. The van der Waals surface area contributed by atoms with Crippen LogP contribution in [0.1, 0.15) is 63.0 Å². The topological polar surface area (TPSA) is 49.3 Å². The molecule has 23 heavy (non-hydrogen) atoms. The largest absolute Gasteiger partial charge is 0.360 e. The number of hydrogen-bond acceptors (Lipinski definition) is 4. The summed E-state index contributed by atoms with van der Waals surface area (Å²) in [5.41, 5.74) is 2.25. The van der Waals surface area contributed by atoms with Gasteiger partial charge in [0.1, 0.15) is 11.6 Å². The van der Waals surface area contributed by atoms with E-state index in [1.807, 2.05) is 18.9 Å². The first-order valence-electron chi connectivity index (χ1n) is 8.92. The van der Waals surface area contributed by atoms with Crippen LogP contribution in [0.2, 0.25) is 0 Å². The van der Waals surface area contributed by atoms with Crippen molar-refractivity contribution < 1.29 is 4.79 Å². The Labute approximate surface area is 140 Å². The fourth-order valence-corrected chi connectivity index (χ4v) is 3.06. The van der Waals surface area contributed by atoms with Gasteiger partial charge in [0, 0.05) is 38.5 Å². The molecule has 5 heteroatoms. The number of rotatable bonds is 7. The van der Waals surface area contributed by atoms with Gasteiger partial charge in [0.05, 0.1) is 12.2 Å². The van der Waals surface area contributed by atoms with Gasteiger partial charge < -0.3 is 9.80 Å². The summed E-state index contributed by atoms with van der Waals surface area (Å²) >= 11 is 0. The SMILES string of the molecule is CCCCCCC(=O)N1CCc2nc(C)nc(N(C)CC)c2C1. The molecule has 2 heterocycles. The summed E-state index contributed by atoms with van der Waals surface area (Å²) in [5, 5.41) is 0. The fraction of sp³-hybridized carbons (Fsp3) is 0.722. The molecule has 0 saturated heterocycles. The van der Waals surface area contributed by atoms with Crippen molar-refractivity contribution >= 4 is 11.7 Å². The van der Waals surface area contributed by atoms with Crippen LogP contribution in [-0.2, 0) is 17.8 Å². The Morgan fingerprint density at radius 3 is 2.70 bits per heavy atom. The summed E-state index contributed by atoms with van der Waals surface area (Å²) in [7, 11) is 2.05. The van der Waals surface area contributed by atoms with Crippen LogP contribution >= 0.6 is 0 Å². The van der Waals surface area contributed by atoms with Gasteiger partial charge in [-0.05, 0) is 20.3 Å². The monoisotopic (exact) mass is 318 g/mol. The summed E-state index contributed by atoms with van der Waals surface area (Å²) in [4.78, 5) is 25.8. The molecule has 1 aliphatic rings. The number of carbonyl (C=O) groups is 1. The summed E-state index contributed by atoms with van der Waals surface area (Å²) in [6, 6.07) is 0. The van der Waals surface area contributed by atoms with E-state index in [-0.39, 0.29) is 5.91 Å². The van der Waals surface area contributed by atoms with Crippen LogP contribution in [0.4, 0.5) is 5.82 Å². The molecule has 0 saturated carbocycles. The van der Waals surface area contributed by atoms with Crippen molar-refractivity contribution in [3.8, 4) is 0 Å². The van der Waals surface area contributed by atoms with E-state index in [0.717, 1.165) is 55.3 Å².